The summed E-state index contributed by atoms with van der Waals surface area (Å²) >= 11 is 2.60. The minimum absolute atomic E-state index is 0.552. The quantitative estimate of drug-likeness (QED) is 0.779. The molecule has 0 unspecified atom stereocenters. The van der Waals surface area contributed by atoms with Crippen LogP contribution in [-0.2, 0) is 9.47 Å². The summed E-state index contributed by atoms with van der Waals surface area (Å²) in [4.78, 5) is 0. The normalized spacial score (nSPS) is 17.2. The Morgan fingerprint density at radius 3 is 2.44 bits per heavy atom. The molecule has 84 valence electrons. The zero-order chi connectivity index (χ0) is 11.5. The molecule has 0 amide bonds. The van der Waals surface area contributed by atoms with Crippen molar-refractivity contribution in [2.45, 2.75) is 12.7 Å². The van der Waals surface area contributed by atoms with Crippen molar-refractivity contribution < 1.29 is 18.3 Å². The van der Waals surface area contributed by atoms with E-state index in [1.54, 1.807) is 0 Å². The first-order valence-electron chi connectivity index (χ1n) is 4.99. The highest BCUT2D eigenvalue weighted by Crippen LogP contribution is 2.23. The molecule has 0 aromatic heterocycles. The molecule has 6 heteroatoms. The van der Waals surface area contributed by atoms with E-state index in [1.807, 2.05) is 0 Å². The summed E-state index contributed by atoms with van der Waals surface area (Å²) in [6.07, 6.45) is 0.283. The van der Waals surface area contributed by atoms with Gasteiger partial charge in [0.2, 0.25) is 0 Å². The Labute approximate surface area is 108 Å². The van der Waals surface area contributed by atoms with Gasteiger partial charge in [-0.1, -0.05) is 0 Å². The van der Waals surface area contributed by atoms with E-state index in [4.69, 9.17) is 9.47 Å². The topological polar surface area (TPSA) is 18.5 Å². The lowest BCUT2D eigenvalue weighted by molar-refractivity contribution is -0.182. The number of hydrogen-bond acceptors (Lipinski definition) is 2. The van der Waals surface area contributed by atoms with Gasteiger partial charge in [0, 0.05) is 0 Å². The van der Waals surface area contributed by atoms with E-state index in [-0.39, 0.29) is 0 Å². The Bertz CT molecular complexity index is 383. The van der Waals surface area contributed by atoms with Crippen LogP contribution < -0.4 is 3.69 Å². The van der Waals surface area contributed by atoms with Crippen LogP contribution in [0.15, 0.2) is 12.1 Å². The molecule has 0 atom stereocenters. The number of benzene rings is 1. The molecule has 1 aromatic carbocycles. The van der Waals surface area contributed by atoms with Crippen LogP contribution in [0, 0.1) is 11.6 Å². The summed E-state index contributed by atoms with van der Waals surface area (Å²) in [6, 6.07) is 2.40. The fourth-order valence-electron chi connectivity index (χ4n) is 1.61. The van der Waals surface area contributed by atoms with Gasteiger partial charge in [0.1, 0.15) is 0 Å². The Balaban J connectivity index is 2.33. The number of ether oxygens (including phenoxy) is 2. The summed E-state index contributed by atoms with van der Waals surface area (Å²) in [6.45, 7) is 1.18. The molecule has 0 spiro atoms. The van der Waals surface area contributed by atoms with Crippen molar-refractivity contribution in [1.82, 2.24) is 0 Å². The third-order valence-corrected chi connectivity index (χ3v) is 5.12. The van der Waals surface area contributed by atoms with E-state index < -0.39 is 36.1 Å². The van der Waals surface area contributed by atoms with Gasteiger partial charge in [-0.25, -0.2) is 8.78 Å². The van der Waals surface area contributed by atoms with E-state index in [9.17, 15) is 8.78 Å². The minimum Gasteiger partial charge on any atom is -0.348 e. The number of hydrogen-bond donors (Lipinski definition) is 0. The molecule has 0 saturated carbocycles. The highest BCUT2D eigenvalue weighted by atomic mass is 79.9. The lowest BCUT2D eigenvalue weighted by atomic mass is 10.2. The molecule has 0 radical (unpaired) electrons. The van der Waals surface area contributed by atoms with Gasteiger partial charge in [0.15, 0.2) is 17.9 Å². The predicted octanol–water partition coefficient (Wildman–Crippen LogP) is 2.04. The first kappa shape index (κ1) is 12.7. The van der Waals surface area contributed by atoms with Gasteiger partial charge in [-0.2, -0.15) is 0 Å². The highest BCUT2D eigenvalue weighted by molar-refractivity contribution is 9.23. The van der Waals surface area contributed by atoms with Crippen molar-refractivity contribution in [2.75, 3.05) is 13.2 Å². The van der Waals surface area contributed by atoms with Crippen LogP contribution in [0.25, 0.3) is 0 Å². The van der Waals surface area contributed by atoms with Crippen molar-refractivity contribution in [3.63, 3.8) is 0 Å². The number of halogens is 3. The Morgan fingerprint density at radius 1 is 1.19 bits per heavy atom. The molecule has 0 N–H and O–H groups in total. The maximum atomic E-state index is 13.2. The highest BCUT2D eigenvalue weighted by Gasteiger charge is 2.21. The van der Waals surface area contributed by atoms with Gasteiger partial charge >= 0.3 is 18.2 Å². The van der Waals surface area contributed by atoms with Gasteiger partial charge in [-0.3, -0.25) is 12.9 Å². The molecule has 0 bridgehead atoms. The van der Waals surface area contributed by atoms with E-state index in [1.165, 1.54) is 12.1 Å². The largest absolute Gasteiger partial charge is 0.507 e. The summed E-state index contributed by atoms with van der Waals surface area (Å²) < 4.78 is 37.8. The second-order valence-corrected chi connectivity index (χ2v) is 6.24. The lowest BCUT2D eigenvalue weighted by Gasteiger charge is -2.25. The third kappa shape index (κ3) is 2.73. The Kier molecular flexibility index (Phi) is 4.54. The fourth-order valence-corrected chi connectivity index (χ4v) is 3.74. The van der Waals surface area contributed by atoms with E-state index in [2.05, 4.69) is 12.9 Å². The van der Waals surface area contributed by atoms with Gasteiger partial charge in [0.05, 0.1) is 13.2 Å². The maximum Gasteiger partial charge on any atom is 0.507 e. The van der Waals surface area contributed by atoms with E-state index >= 15 is 0 Å². The van der Waals surface area contributed by atoms with Crippen molar-refractivity contribution >= 4 is 34.8 Å². The lowest BCUT2D eigenvalue weighted by Crippen LogP contribution is -2.26. The smallest absolute Gasteiger partial charge is 0.348 e. The van der Waals surface area contributed by atoms with Crippen LogP contribution in [0.5, 0.6) is 0 Å². The third-order valence-electron chi connectivity index (χ3n) is 2.41. The minimum atomic E-state index is -0.855. The Hall–Kier alpha value is 0.246. The molecule has 0 aliphatic carbocycles. The molecule has 1 aliphatic rings. The van der Waals surface area contributed by atoms with Crippen LogP contribution in [0.4, 0.5) is 8.78 Å². The van der Waals surface area contributed by atoms with Crippen LogP contribution in [0.1, 0.15) is 18.3 Å². The first-order chi connectivity index (χ1) is 7.72. The molecular weight excluding hydrogens is 294 g/mol. The summed E-state index contributed by atoms with van der Waals surface area (Å²) in [7, 11) is 0. The second kappa shape index (κ2) is 5.73. The second-order valence-electron chi connectivity index (χ2n) is 3.53. The van der Waals surface area contributed by atoms with Crippen molar-refractivity contribution in [3.05, 3.63) is 29.3 Å². The maximum absolute atomic E-state index is 13.2. The molecule has 16 heavy (non-hydrogen) atoms. The van der Waals surface area contributed by atoms with Crippen LogP contribution in [0.3, 0.4) is 0 Å². The molecule has 2 nitrogen and oxygen atoms in total. The Morgan fingerprint density at radius 2 is 1.81 bits per heavy atom. The molecule has 1 aromatic rings. The zero-order valence-corrected chi connectivity index (χ0v) is 11.5. The molecule has 1 aliphatic heterocycles. The molecule has 1 heterocycles. The van der Waals surface area contributed by atoms with Gasteiger partial charge in [-0.15, -0.1) is 3.69 Å². The summed E-state index contributed by atoms with van der Waals surface area (Å²) in [5, 5.41) is 0. The van der Waals surface area contributed by atoms with Crippen molar-refractivity contribution in [1.29, 1.82) is 0 Å². The first-order valence-corrected chi connectivity index (χ1v) is 9.60. The number of rotatable bonds is 2. The average molecular weight is 303 g/mol. The predicted molar refractivity (Wildman–Crippen MR) is 59.9 cm³/mol. The van der Waals surface area contributed by atoms with Gasteiger partial charge in [-0.05, 0) is 24.1 Å². The summed E-state index contributed by atoms with van der Waals surface area (Å²) in [5.74, 6) is -1.67. The molecular formula is C10H9BrF2MgO2. The summed E-state index contributed by atoms with van der Waals surface area (Å²) in [5.41, 5.74) is 0.613. The van der Waals surface area contributed by atoms with Gasteiger partial charge < -0.3 is 9.47 Å². The molecule has 1 fully saturated rings. The fraction of sp³-hybridized carbons (Fsp3) is 0.400. The zero-order valence-electron chi connectivity index (χ0n) is 8.51. The standard InChI is InChI=1S/C10H9F2O2.BrH.Mg/c11-8-3-2-7(6-9(8)12)10-13-4-1-5-14-10;;/h3,6,10H,1,4-5H2;1H;/q;;+1/p-1. The van der Waals surface area contributed by atoms with E-state index in [0.717, 1.165) is 10.1 Å². The molecule has 2 rings (SSSR count). The van der Waals surface area contributed by atoms with Crippen LogP contribution >= 0.6 is 12.9 Å². The van der Waals surface area contributed by atoms with E-state index in [0.29, 0.717) is 18.8 Å². The monoisotopic (exact) mass is 302 g/mol. The van der Waals surface area contributed by atoms with Crippen molar-refractivity contribution in [2.24, 2.45) is 0 Å². The SMILES string of the molecule is Fc1c[c]([Mg][Br])c(C2OCCCO2)cc1F. The molecule has 1 saturated heterocycles. The van der Waals surface area contributed by atoms with Crippen molar-refractivity contribution in [3.8, 4) is 0 Å². The van der Waals surface area contributed by atoms with Crippen LogP contribution in [0.2, 0.25) is 0 Å². The van der Waals surface area contributed by atoms with Gasteiger partial charge in [0.25, 0.3) is 0 Å². The van der Waals surface area contributed by atoms with Crippen LogP contribution in [-0.4, -0.2) is 31.4 Å². The average Bonchev–Trinajstić information content (AvgIpc) is 2.33.